The highest BCUT2D eigenvalue weighted by atomic mass is 32.2. The molecule has 5 nitrogen and oxygen atoms in total. The van der Waals surface area contributed by atoms with Crippen LogP contribution in [0.3, 0.4) is 0 Å². The first kappa shape index (κ1) is 12.5. The summed E-state index contributed by atoms with van der Waals surface area (Å²) in [4.78, 5) is 10.2. The van der Waals surface area contributed by atoms with Crippen LogP contribution in [0.15, 0.2) is 26.7 Å². The average molecular weight is 276 g/mol. The summed E-state index contributed by atoms with van der Waals surface area (Å²) in [5.41, 5.74) is 3.63. The zero-order chi connectivity index (χ0) is 13.4. The Kier molecular flexibility index (Phi) is 3.20. The molecule has 0 aliphatic heterocycles. The normalized spacial score (nSPS) is 14.7. The largest absolute Gasteiger partial charge is 0.468 e. The predicted octanol–water partition coefficient (Wildman–Crippen LogP) is 3.00. The Morgan fingerprint density at radius 1 is 1.37 bits per heavy atom. The molecule has 1 saturated carbocycles. The molecule has 1 aliphatic rings. The molecule has 3 N–H and O–H groups in total. The maximum atomic E-state index is 5.54. The lowest BCUT2D eigenvalue weighted by atomic mass is 10.3. The van der Waals surface area contributed by atoms with E-state index in [1.54, 1.807) is 18.0 Å². The van der Waals surface area contributed by atoms with Gasteiger partial charge in [-0.15, -0.1) is 0 Å². The number of aryl methyl sites for hydroxylation is 1. The molecule has 0 radical (unpaired) electrons. The minimum absolute atomic E-state index is 0.498. The molecule has 0 aromatic carbocycles. The summed E-state index contributed by atoms with van der Waals surface area (Å²) in [6.45, 7) is 3.92. The van der Waals surface area contributed by atoms with Crippen LogP contribution < -0.4 is 11.3 Å². The van der Waals surface area contributed by atoms with Crippen LogP contribution in [0, 0.1) is 13.8 Å². The number of furan rings is 1. The molecule has 100 valence electrons. The van der Waals surface area contributed by atoms with E-state index in [9.17, 15) is 0 Å². The molecule has 2 aromatic heterocycles. The van der Waals surface area contributed by atoms with Gasteiger partial charge in [0.15, 0.2) is 0 Å². The van der Waals surface area contributed by atoms with Gasteiger partial charge in [-0.05, 0) is 32.8 Å². The van der Waals surface area contributed by atoms with Crippen LogP contribution >= 0.6 is 11.8 Å². The SMILES string of the molecule is Cc1occc1Sc1nc(C2CC2)nc(NN)c1C. The van der Waals surface area contributed by atoms with Gasteiger partial charge in [-0.3, -0.25) is 0 Å². The second-order valence-corrected chi connectivity index (χ2v) is 5.75. The maximum Gasteiger partial charge on any atom is 0.147 e. The van der Waals surface area contributed by atoms with Crippen molar-refractivity contribution in [2.24, 2.45) is 5.84 Å². The number of aromatic nitrogens is 2. The third kappa shape index (κ3) is 2.46. The number of hydrogen-bond donors (Lipinski definition) is 2. The third-order valence-corrected chi connectivity index (χ3v) is 4.45. The Morgan fingerprint density at radius 3 is 2.74 bits per heavy atom. The zero-order valence-electron chi connectivity index (χ0n) is 10.9. The number of hydrazine groups is 1. The van der Waals surface area contributed by atoms with Crippen LogP contribution in [0.4, 0.5) is 5.82 Å². The standard InChI is InChI=1S/C13H16N4OS/c1-7-11(17-14)15-12(9-3-4-9)16-13(7)19-10-5-6-18-8(10)2/h5-6,9H,3-4,14H2,1-2H3,(H,15,16,17). The van der Waals surface area contributed by atoms with Crippen LogP contribution in [0.25, 0.3) is 0 Å². The van der Waals surface area contributed by atoms with Crippen molar-refractivity contribution in [1.29, 1.82) is 0 Å². The molecule has 0 spiro atoms. The number of rotatable bonds is 4. The second-order valence-electron chi connectivity index (χ2n) is 4.72. The fourth-order valence-electron chi connectivity index (χ4n) is 1.86. The molecular weight excluding hydrogens is 260 g/mol. The number of nitrogens with one attached hydrogen (secondary N) is 1. The van der Waals surface area contributed by atoms with Gasteiger partial charge in [0.05, 0.1) is 11.2 Å². The van der Waals surface area contributed by atoms with Gasteiger partial charge in [-0.1, -0.05) is 11.8 Å². The molecule has 19 heavy (non-hydrogen) atoms. The van der Waals surface area contributed by atoms with Crippen molar-refractivity contribution in [3.8, 4) is 0 Å². The quantitative estimate of drug-likeness (QED) is 0.508. The van der Waals surface area contributed by atoms with Crippen molar-refractivity contribution in [3.63, 3.8) is 0 Å². The van der Waals surface area contributed by atoms with Crippen molar-refractivity contribution < 1.29 is 4.42 Å². The van der Waals surface area contributed by atoms with Crippen LogP contribution in [0.2, 0.25) is 0 Å². The molecule has 0 bridgehead atoms. The summed E-state index contributed by atoms with van der Waals surface area (Å²) in [6, 6.07) is 1.95. The Morgan fingerprint density at radius 2 is 2.16 bits per heavy atom. The minimum Gasteiger partial charge on any atom is -0.468 e. The van der Waals surface area contributed by atoms with E-state index in [-0.39, 0.29) is 0 Å². The van der Waals surface area contributed by atoms with E-state index < -0.39 is 0 Å². The van der Waals surface area contributed by atoms with Gasteiger partial charge >= 0.3 is 0 Å². The van der Waals surface area contributed by atoms with Gasteiger partial charge in [0.2, 0.25) is 0 Å². The molecule has 1 fully saturated rings. The van der Waals surface area contributed by atoms with Gasteiger partial charge < -0.3 is 9.84 Å². The van der Waals surface area contributed by atoms with Gasteiger partial charge in [-0.25, -0.2) is 15.8 Å². The second kappa shape index (κ2) is 4.86. The summed E-state index contributed by atoms with van der Waals surface area (Å²) < 4.78 is 5.32. The van der Waals surface area contributed by atoms with E-state index in [4.69, 9.17) is 10.3 Å². The number of anilines is 1. The summed E-state index contributed by atoms with van der Waals surface area (Å²) in [7, 11) is 0. The highest BCUT2D eigenvalue weighted by Crippen LogP contribution is 2.41. The van der Waals surface area contributed by atoms with E-state index >= 15 is 0 Å². The van der Waals surface area contributed by atoms with Crippen LogP contribution in [-0.2, 0) is 0 Å². The summed E-state index contributed by atoms with van der Waals surface area (Å²) in [5.74, 6) is 8.54. The lowest BCUT2D eigenvalue weighted by molar-refractivity contribution is 0.527. The van der Waals surface area contributed by atoms with E-state index in [2.05, 4.69) is 15.4 Å². The van der Waals surface area contributed by atoms with Crippen molar-refractivity contribution in [2.45, 2.75) is 42.5 Å². The Balaban J connectivity index is 1.99. The van der Waals surface area contributed by atoms with Gasteiger partial charge in [-0.2, -0.15) is 0 Å². The molecule has 2 aromatic rings. The van der Waals surface area contributed by atoms with Crippen molar-refractivity contribution in [3.05, 3.63) is 29.5 Å². The molecule has 0 unspecified atom stereocenters. The summed E-state index contributed by atoms with van der Waals surface area (Å²) >= 11 is 1.60. The average Bonchev–Trinajstić information content (AvgIpc) is 3.17. The lowest BCUT2D eigenvalue weighted by Gasteiger charge is -2.11. The molecular formula is C13H16N4OS. The lowest BCUT2D eigenvalue weighted by Crippen LogP contribution is -2.13. The topological polar surface area (TPSA) is 77.0 Å². The van der Waals surface area contributed by atoms with Gasteiger partial charge in [0.1, 0.15) is 22.4 Å². The molecule has 2 heterocycles. The predicted molar refractivity (Wildman–Crippen MR) is 74.1 cm³/mol. The third-order valence-electron chi connectivity index (χ3n) is 3.22. The molecule has 6 heteroatoms. The molecule has 0 amide bonds. The highest BCUT2D eigenvalue weighted by molar-refractivity contribution is 7.99. The minimum atomic E-state index is 0.498. The molecule has 0 saturated heterocycles. The van der Waals surface area contributed by atoms with Crippen molar-refractivity contribution in [2.75, 3.05) is 5.43 Å². The first-order valence-corrected chi connectivity index (χ1v) is 7.07. The first-order valence-electron chi connectivity index (χ1n) is 6.26. The van der Waals surface area contributed by atoms with Gasteiger partial charge in [0.25, 0.3) is 0 Å². The first-order chi connectivity index (χ1) is 9.19. The fraction of sp³-hybridized carbons (Fsp3) is 0.385. The Labute approximate surface area is 116 Å². The van der Waals surface area contributed by atoms with E-state index in [0.29, 0.717) is 11.7 Å². The number of nitrogens with two attached hydrogens (primary N) is 1. The Bertz CT molecular complexity index is 607. The summed E-state index contributed by atoms with van der Waals surface area (Å²) in [5, 5.41) is 0.939. The van der Waals surface area contributed by atoms with Crippen LogP contribution in [-0.4, -0.2) is 9.97 Å². The van der Waals surface area contributed by atoms with Crippen LogP contribution in [0.5, 0.6) is 0 Å². The zero-order valence-corrected chi connectivity index (χ0v) is 11.8. The van der Waals surface area contributed by atoms with E-state index in [0.717, 1.165) is 27.1 Å². The maximum absolute atomic E-state index is 5.54. The fourth-order valence-corrected chi connectivity index (χ4v) is 2.77. The monoisotopic (exact) mass is 276 g/mol. The van der Waals surface area contributed by atoms with Crippen molar-refractivity contribution >= 4 is 17.6 Å². The number of nitrogen functional groups attached to an aromatic ring is 1. The Hall–Kier alpha value is -1.53. The number of nitrogens with zero attached hydrogens (tertiary/aromatic N) is 2. The highest BCUT2D eigenvalue weighted by Gasteiger charge is 2.28. The molecule has 3 rings (SSSR count). The molecule has 0 atom stereocenters. The summed E-state index contributed by atoms with van der Waals surface area (Å²) in [6.07, 6.45) is 4.03. The number of hydrogen-bond acceptors (Lipinski definition) is 6. The van der Waals surface area contributed by atoms with E-state index in [1.807, 2.05) is 19.9 Å². The molecule has 1 aliphatic carbocycles. The van der Waals surface area contributed by atoms with Gasteiger partial charge in [0, 0.05) is 11.5 Å². The van der Waals surface area contributed by atoms with Crippen molar-refractivity contribution in [1.82, 2.24) is 9.97 Å². The van der Waals surface area contributed by atoms with Crippen LogP contribution in [0.1, 0.15) is 35.9 Å². The smallest absolute Gasteiger partial charge is 0.147 e. The van der Waals surface area contributed by atoms with E-state index in [1.165, 1.54) is 12.8 Å².